The number of nitrogens with one attached hydrogen (secondary N) is 1. The summed E-state index contributed by atoms with van der Waals surface area (Å²) < 4.78 is 7.93. The number of anilines is 1. The number of hydrogen-bond acceptors (Lipinski definition) is 4. The van der Waals surface area contributed by atoms with Crippen LogP contribution < -0.4 is 10.1 Å². The molecular weight excluding hydrogens is 382 g/mol. The highest BCUT2D eigenvalue weighted by atomic mass is 32.1. The lowest BCUT2D eigenvalue weighted by Gasteiger charge is -2.11. The number of aryl methyl sites for hydroxylation is 1. The molecule has 0 aliphatic rings. The van der Waals surface area contributed by atoms with E-state index in [2.05, 4.69) is 46.4 Å². The van der Waals surface area contributed by atoms with Crippen LogP contribution in [0, 0.1) is 13.8 Å². The van der Waals surface area contributed by atoms with Crippen molar-refractivity contribution in [3.05, 3.63) is 69.7 Å². The molecule has 0 aliphatic heterocycles. The lowest BCUT2D eigenvalue weighted by Crippen LogP contribution is -2.15. The Morgan fingerprint density at radius 2 is 1.93 bits per heavy atom. The summed E-state index contributed by atoms with van der Waals surface area (Å²) in [4.78, 5) is 16.2. The first-order valence-electron chi connectivity index (χ1n) is 9.82. The Labute approximate surface area is 176 Å². The predicted molar refractivity (Wildman–Crippen MR) is 120 cm³/mol. The van der Waals surface area contributed by atoms with Gasteiger partial charge < -0.3 is 19.5 Å². The zero-order valence-corrected chi connectivity index (χ0v) is 18.4. The molecule has 154 valence electrons. The van der Waals surface area contributed by atoms with Crippen LogP contribution in [-0.4, -0.2) is 42.6 Å². The summed E-state index contributed by atoms with van der Waals surface area (Å²) in [7, 11) is 4.11. The standard InChI is InChI=1S/C23H29N3O2S/c1-17-15-22(18(2)26(17)16-21-7-5-14-29-21)23(27)24-19-8-10-20(11-9-19)28-13-6-12-25(3)4/h5,7-11,14-15H,6,12-13,16H2,1-4H3,(H,24,27). The Bertz CT molecular complexity index is 928. The summed E-state index contributed by atoms with van der Waals surface area (Å²) in [5.74, 6) is 0.728. The van der Waals surface area contributed by atoms with Gasteiger partial charge in [0.05, 0.1) is 18.7 Å². The number of hydrogen-bond donors (Lipinski definition) is 1. The van der Waals surface area contributed by atoms with Crippen LogP contribution in [0.5, 0.6) is 5.75 Å². The largest absolute Gasteiger partial charge is 0.494 e. The van der Waals surface area contributed by atoms with E-state index >= 15 is 0 Å². The van der Waals surface area contributed by atoms with E-state index < -0.39 is 0 Å². The molecule has 0 atom stereocenters. The first kappa shape index (κ1) is 21.1. The molecule has 0 unspecified atom stereocenters. The van der Waals surface area contributed by atoms with E-state index in [-0.39, 0.29) is 5.91 Å². The molecule has 1 aromatic carbocycles. The minimum absolute atomic E-state index is 0.0878. The number of carbonyl (C=O) groups is 1. The highest BCUT2D eigenvalue weighted by Gasteiger charge is 2.16. The van der Waals surface area contributed by atoms with Crippen LogP contribution in [0.3, 0.4) is 0 Å². The Morgan fingerprint density at radius 3 is 2.59 bits per heavy atom. The van der Waals surface area contributed by atoms with Crippen molar-refractivity contribution < 1.29 is 9.53 Å². The van der Waals surface area contributed by atoms with Gasteiger partial charge in [-0.3, -0.25) is 4.79 Å². The normalized spacial score (nSPS) is 11.1. The number of thiophene rings is 1. The van der Waals surface area contributed by atoms with Crippen molar-refractivity contribution in [3.8, 4) is 5.75 Å². The van der Waals surface area contributed by atoms with Crippen LogP contribution in [-0.2, 0) is 6.54 Å². The Morgan fingerprint density at radius 1 is 1.17 bits per heavy atom. The van der Waals surface area contributed by atoms with Gasteiger partial charge in [0.2, 0.25) is 0 Å². The van der Waals surface area contributed by atoms with Gasteiger partial charge in [-0.15, -0.1) is 11.3 Å². The van der Waals surface area contributed by atoms with Gasteiger partial charge in [0.15, 0.2) is 0 Å². The molecule has 0 aliphatic carbocycles. The summed E-state index contributed by atoms with van der Waals surface area (Å²) >= 11 is 1.73. The van der Waals surface area contributed by atoms with E-state index in [9.17, 15) is 4.79 Å². The van der Waals surface area contributed by atoms with Gasteiger partial charge in [0.25, 0.3) is 5.91 Å². The first-order valence-corrected chi connectivity index (χ1v) is 10.7. The van der Waals surface area contributed by atoms with E-state index in [1.165, 1.54) is 4.88 Å². The smallest absolute Gasteiger partial charge is 0.257 e. The number of benzene rings is 1. The molecule has 3 aromatic rings. The average Bonchev–Trinajstić information content (AvgIpc) is 3.30. The van der Waals surface area contributed by atoms with Gasteiger partial charge in [-0.1, -0.05) is 6.07 Å². The molecule has 2 heterocycles. The maximum Gasteiger partial charge on any atom is 0.257 e. The maximum absolute atomic E-state index is 12.8. The molecule has 0 spiro atoms. The third-order valence-electron chi connectivity index (χ3n) is 4.84. The number of nitrogens with zero attached hydrogens (tertiary/aromatic N) is 2. The summed E-state index contributed by atoms with van der Waals surface area (Å²) in [6, 6.07) is 13.7. The summed E-state index contributed by atoms with van der Waals surface area (Å²) in [6.07, 6.45) is 0.979. The zero-order valence-electron chi connectivity index (χ0n) is 17.6. The number of carbonyl (C=O) groups excluding carboxylic acids is 1. The van der Waals surface area contributed by atoms with E-state index in [1.54, 1.807) is 11.3 Å². The number of ether oxygens (including phenoxy) is 1. The number of rotatable bonds is 9. The van der Waals surface area contributed by atoms with Crippen LogP contribution in [0.25, 0.3) is 0 Å². The maximum atomic E-state index is 12.8. The topological polar surface area (TPSA) is 46.5 Å². The average molecular weight is 412 g/mol. The van der Waals surface area contributed by atoms with E-state index in [0.29, 0.717) is 12.2 Å². The molecule has 0 saturated carbocycles. The van der Waals surface area contributed by atoms with Crippen molar-refractivity contribution >= 4 is 22.9 Å². The summed E-state index contributed by atoms with van der Waals surface area (Å²) in [6.45, 7) is 6.52. The second-order valence-electron chi connectivity index (χ2n) is 7.43. The van der Waals surface area contributed by atoms with Crippen molar-refractivity contribution in [2.45, 2.75) is 26.8 Å². The predicted octanol–water partition coefficient (Wildman–Crippen LogP) is 4.80. The molecule has 1 N–H and O–H groups in total. The third kappa shape index (κ3) is 5.71. The molecule has 2 aromatic heterocycles. The monoisotopic (exact) mass is 411 g/mol. The first-order chi connectivity index (χ1) is 13.9. The quantitative estimate of drug-likeness (QED) is 0.515. The molecule has 1 amide bonds. The second kappa shape index (κ2) is 9.76. The highest BCUT2D eigenvalue weighted by Crippen LogP contribution is 2.21. The zero-order chi connectivity index (χ0) is 20.8. The van der Waals surface area contributed by atoms with Gasteiger partial charge in [0, 0.05) is 28.5 Å². The Balaban J connectivity index is 1.60. The van der Waals surface area contributed by atoms with Crippen molar-refractivity contribution in [2.75, 3.05) is 32.6 Å². The lowest BCUT2D eigenvalue weighted by molar-refractivity contribution is 0.102. The van der Waals surface area contributed by atoms with Gasteiger partial charge >= 0.3 is 0 Å². The van der Waals surface area contributed by atoms with Crippen LogP contribution in [0.4, 0.5) is 5.69 Å². The third-order valence-corrected chi connectivity index (χ3v) is 5.70. The van der Waals surface area contributed by atoms with Crippen LogP contribution in [0.1, 0.15) is 33.0 Å². The Kier molecular flexibility index (Phi) is 7.12. The highest BCUT2D eigenvalue weighted by molar-refractivity contribution is 7.09. The minimum atomic E-state index is -0.0878. The van der Waals surface area contributed by atoms with Gasteiger partial charge in [-0.25, -0.2) is 0 Å². The van der Waals surface area contributed by atoms with E-state index in [0.717, 1.165) is 42.3 Å². The van der Waals surface area contributed by atoms with Crippen molar-refractivity contribution in [2.24, 2.45) is 0 Å². The molecule has 5 nitrogen and oxygen atoms in total. The fourth-order valence-corrected chi connectivity index (χ4v) is 3.93. The summed E-state index contributed by atoms with van der Waals surface area (Å²) in [5, 5.41) is 5.07. The molecule has 6 heteroatoms. The summed E-state index contributed by atoms with van der Waals surface area (Å²) in [5.41, 5.74) is 3.54. The van der Waals surface area contributed by atoms with E-state index in [4.69, 9.17) is 4.74 Å². The molecule has 0 saturated heterocycles. The van der Waals surface area contributed by atoms with Crippen LogP contribution in [0.15, 0.2) is 47.8 Å². The second-order valence-corrected chi connectivity index (χ2v) is 8.47. The fraction of sp³-hybridized carbons (Fsp3) is 0.348. The number of aromatic nitrogens is 1. The van der Waals surface area contributed by atoms with Gasteiger partial charge in [0.1, 0.15) is 5.75 Å². The van der Waals surface area contributed by atoms with Crippen molar-refractivity contribution in [1.29, 1.82) is 0 Å². The van der Waals surface area contributed by atoms with E-state index in [1.807, 2.05) is 44.2 Å². The van der Waals surface area contributed by atoms with Crippen molar-refractivity contribution in [1.82, 2.24) is 9.47 Å². The fourth-order valence-electron chi connectivity index (χ4n) is 3.24. The number of amides is 1. The molecular formula is C23H29N3O2S. The molecule has 0 fully saturated rings. The molecule has 0 bridgehead atoms. The lowest BCUT2D eigenvalue weighted by atomic mass is 10.2. The minimum Gasteiger partial charge on any atom is -0.494 e. The van der Waals surface area contributed by atoms with Crippen molar-refractivity contribution in [3.63, 3.8) is 0 Å². The van der Waals surface area contributed by atoms with Gasteiger partial charge in [-0.2, -0.15) is 0 Å². The molecule has 3 rings (SSSR count). The molecule has 0 radical (unpaired) electrons. The van der Waals surface area contributed by atoms with Crippen LogP contribution >= 0.6 is 11.3 Å². The molecule has 29 heavy (non-hydrogen) atoms. The Hall–Kier alpha value is -2.57. The van der Waals surface area contributed by atoms with Gasteiger partial charge in [-0.05, 0) is 76.1 Å². The van der Waals surface area contributed by atoms with Crippen LogP contribution in [0.2, 0.25) is 0 Å². The SMILES string of the molecule is Cc1cc(C(=O)Nc2ccc(OCCCN(C)C)cc2)c(C)n1Cc1cccs1.